The standard InChI is InChI=1S/C12H20N3S/c1-3-16-11-5-4-7-14-9-10-15(8-6-13)12(14)2/h9-10H,3-5,7-8,11H2,1-2H3/q+1. The van der Waals surface area contributed by atoms with Crippen molar-refractivity contribution in [1.82, 2.24) is 4.57 Å². The molecule has 0 aliphatic carbocycles. The molecular weight excluding hydrogens is 218 g/mol. The summed E-state index contributed by atoms with van der Waals surface area (Å²) in [6.45, 7) is 5.78. The molecule has 0 bridgehead atoms. The van der Waals surface area contributed by atoms with Gasteiger partial charge in [0.15, 0.2) is 6.54 Å². The quantitative estimate of drug-likeness (QED) is 0.538. The third-order valence-corrected chi connectivity index (χ3v) is 3.63. The highest BCUT2D eigenvalue weighted by Crippen LogP contribution is 2.03. The second-order valence-electron chi connectivity index (χ2n) is 3.73. The maximum Gasteiger partial charge on any atom is 0.254 e. The summed E-state index contributed by atoms with van der Waals surface area (Å²) in [7, 11) is 0. The lowest BCUT2D eigenvalue weighted by Gasteiger charge is -2.00. The van der Waals surface area contributed by atoms with Crippen molar-refractivity contribution in [3.8, 4) is 6.07 Å². The Kier molecular flexibility index (Phi) is 6.02. The third-order valence-electron chi connectivity index (χ3n) is 2.64. The van der Waals surface area contributed by atoms with Crippen LogP contribution >= 0.6 is 11.8 Å². The molecule has 4 heteroatoms. The number of unbranched alkanes of at least 4 members (excludes halogenated alkanes) is 1. The van der Waals surface area contributed by atoms with E-state index in [2.05, 4.69) is 30.7 Å². The minimum Gasteiger partial charge on any atom is -0.234 e. The highest BCUT2D eigenvalue weighted by molar-refractivity contribution is 7.99. The molecule has 1 aromatic rings. The summed E-state index contributed by atoms with van der Waals surface area (Å²) in [5, 5.41) is 8.64. The number of nitriles is 1. The molecule has 0 saturated carbocycles. The summed E-state index contributed by atoms with van der Waals surface area (Å²) in [5.74, 6) is 3.64. The van der Waals surface area contributed by atoms with Gasteiger partial charge < -0.3 is 0 Å². The molecule has 1 aromatic heterocycles. The maximum atomic E-state index is 8.64. The van der Waals surface area contributed by atoms with Gasteiger partial charge in [-0.25, -0.2) is 9.13 Å². The number of hydrogen-bond acceptors (Lipinski definition) is 2. The van der Waals surface area contributed by atoms with Gasteiger partial charge >= 0.3 is 0 Å². The molecule has 0 fully saturated rings. The molecule has 0 aliphatic heterocycles. The fourth-order valence-electron chi connectivity index (χ4n) is 1.65. The van der Waals surface area contributed by atoms with Gasteiger partial charge in [-0.05, 0) is 24.3 Å². The van der Waals surface area contributed by atoms with E-state index in [1.807, 2.05) is 22.5 Å². The lowest BCUT2D eigenvalue weighted by molar-refractivity contribution is -0.702. The Morgan fingerprint density at radius 1 is 1.50 bits per heavy atom. The average molecular weight is 238 g/mol. The Bertz CT molecular complexity index is 352. The fourth-order valence-corrected chi connectivity index (χ4v) is 2.35. The van der Waals surface area contributed by atoms with E-state index in [0.717, 1.165) is 6.54 Å². The summed E-state index contributed by atoms with van der Waals surface area (Å²) in [6.07, 6.45) is 6.54. The van der Waals surface area contributed by atoms with Crippen LogP contribution in [0.1, 0.15) is 25.6 Å². The first-order chi connectivity index (χ1) is 7.79. The second kappa shape index (κ2) is 7.34. The fraction of sp³-hybridized carbons (Fsp3) is 0.667. The van der Waals surface area contributed by atoms with E-state index < -0.39 is 0 Å². The highest BCUT2D eigenvalue weighted by atomic mass is 32.2. The van der Waals surface area contributed by atoms with Gasteiger partial charge in [-0.2, -0.15) is 17.0 Å². The predicted octanol–water partition coefficient (Wildman–Crippen LogP) is 2.14. The van der Waals surface area contributed by atoms with Crippen LogP contribution in [-0.4, -0.2) is 16.1 Å². The van der Waals surface area contributed by atoms with E-state index in [-0.39, 0.29) is 0 Å². The SMILES string of the molecule is CCSCCCC[n+]1ccn(CC#N)c1C. The molecule has 1 heterocycles. The molecule has 0 saturated heterocycles. The summed E-state index contributed by atoms with van der Waals surface area (Å²) < 4.78 is 4.22. The minimum atomic E-state index is 0.449. The van der Waals surface area contributed by atoms with Crippen LogP contribution < -0.4 is 4.57 Å². The van der Waals surface area contributed by atoms with Crippen molar-refractivity contribution in [3.63, 3.8) is 0 Å². The molecule has 0 atom stereocenters. The largest absolute Gasteiger partial charge is 0.254 e. The number of aryl methyl sites for hydroxylation is 1. The van der Waals surface area contributed by atoms with Crippen LogP contribution in [-0.2, 0) is 13.1 Å². The number of aromatic nitrogens is 2. The Morgan fingerprint density at radius 2 is 2.31 bits per heavy atom. The Balaban J connectivity index is 2.34. The van der Waals surface area contributed by atoms with Gasteiger partial charge in [0.25, 0.3) is 5.82 Å². The van der Waals surface area contributed by atoms with E-state index in [1.165, 1.54) is 30.2 Å². The van der Waals surface area contributed by atoms with Gasteiger partial charge in [-0.3, -0.25) is 0 Å². The Morgan fingerprint density at radius 3 is 3.00 bits per heavy atom. The Hall–Kier alpha value is -0.950. The van der Waals surface area contributed by atoms with Gasteiger partial charge in [0, 0.05) is 6.92 Å². The van der Waals surface area contributed by atoms with Crippen molar-refractivity contribution < 1.29 is 4.57 Å². The third kappa shape index (κ3) is 3.90. The summed E-state index contributed by atoms with van der Waals surface area (Å²) in [4.78, 5) is 0. The predicted molar refractivity (Wildman–Crippen MR) is 67.2 cm³/mol. The van der Waals surface area contributed by atoms with E-state index >= 15 is 0 Å². The number of hydrogen-bond donors (Lipinski definition) is 0. The average Bonchev–Trinajstić information content (AvgIpc) is 2.62. The van der Waals surface area contributed by atoms with Crippen LogP contribution in [0.3, 0.4) is 0 Å². The van der Waals surface area contributed by atoms with Crippen LogP contribution in [0.25, 0.3) is 0 Å². The van der Waals surface area contributed by atoms with Crippen LogP contribution in [0.5, 0.6) is 0 Å². The van der Waals surface area contributed by atoms with Crippen molar-refractivity contribution in [2.75, 3.05) is 11.5 Å². The van der Waals surface area contributed by atoms with Crippen molar-refractivity contribution in [3.05, 3.63) is 18.2 Å². The smallest absolute Gasteiger partial charge is 0.234 e. The lowest BCUT2D eigenvalue weighted by atomic mass is 10.3. The summed E-state index contributed by atoms with van der Waals surface area (Å²) in [5.41, 5.74) is 0. The van der Waals surface area contributed by atoms with Crippen LogP contribution in [0.15, 0.2) is 12.4 Å². The van der Waals surface area contributed by atoms with E-state index in [9.17, 15) is 0 Å². The van der Waals surface area contributed by atoms with Gasteiger partial charge in [-0.15, -0.1) is 0 Å². The molecule has 0 unspecified atom stereocenters. The molecule has 16 heavy (non-hydrogen) atoms. The zero-order valence-electron chi connectivity index (χ0n) is 10.1. The van der Waals surface area contributed by atoms with E-state index in [1.54, 1.807) is 0 Å². The molecule has 3 nitrogen and oxygen atoms in total. The van der Waals surface area contributed by atoms with Crippen molar-refractivity contribution in [2.24, 2.45) is 0 Å². The zero-order valence-corrected chi connectivity index (χ0v) is 11.0. The molecule has 0 N–H and O–H groups in total. The van der Waals surface area contributed by atoms with Gasteiger partial charge in [0.2, 0.25) is 0 Å². The van der Waals surface area contributed by atoms with Crippen LogP contribution in [0.2, 0.25) is 0 Å². The maximum absolute atomic E-state index is 8.64. The van der Waals surface area contributed by atoms with Gasteiger partial charge in [0.1, 0.15) is 18.5 Å². The minimum absolute atomic E-state index is 0.449. The monoisotopic (exact) mass is 238 g/mol. The molecule has 88 valence electrons. The van der Waals surface area contributed by atoms with E-state index in [4.69, 9.17) is 5.26 Å². The van der Waals surface area contributed by atoms with E-state index in [0.29, 0.717) is 6.54 Å². The first-order valence-electron chi connectivity index (χ1n) is 5.79. The summed E-state index contributed by atoms with van der Waals surface area (Å²) >= 11 is 2.00. The number of imidazole rings is 1. The first kappa shape index (κ1) is 13.1. The number of thioether (sulfide) groups is 1. The molecule has 0 amide bonds. The lowest BCUT2D eigenvalue weighted by Crippen LogP contribution is -2.35. The van der Waals surface area contributed by atoms with Gasteiger partial charge in [0.05, 0.1) is 6.54 Å². The van der Waals surface area contributed by atoms with Crippen LogP contribution in [0, 0.1) is 18.3 Å². The van der Waals surface area contributed by atoms with Crippen molar-refractivity contribution in [2.45, 2.75) is 39.8 Å². The highest BCUT2D eigenvalue weighted by Gasteiger charge is 2.10. The van der Waals surface area contributed by atoms with Crippen molar-refractivity contribution in [1.29, 1.82) is 5.26 Å². The van der Waals surface area contributed by atoms with Crippen molar-refractivity contribution >= 4 is 11.8 Å². The molecular formula is C12H20N3S+. The molecule has 0 radical (unpaired) electrons. The first-order valence-corrected chi connectivity index (χ1v) is 6.95. The molecule has 0 aliphatic rings. The number of nitrogens with zero attached hydrogens (tertiary/aromatic N) is 3. The second-order valence-corrected chi connectivity index (χ2v) is 5.12. The molecule has 1 rings (SSSR count). The Labute approximate surface area is 102 Å². The topological polar surface area (TPSA) is 32.6 Å². The van der Waals surface area contributed by atoms with Gasteiger partial charge in [-0.1, -0.05) is 6.92 Å². The van der Waals surface area contributed by atoms with Crippen LogP contribution in [0.4, 0.5) is 0 Å². The summed E-state index contributed by atoms with van der Waals surface area (Å²) in [6, 6.07) is 2.17. The molecule has 0 spiro atoms. The normalized spacial score (nSPS) is 10.3. The number of rotatable bonds is 7. The zero-order chi connectivity index (χ0) is 11.8. The molecule has 0 aromatic carbocycles.